The minimum atomic E-state index is -2.33. The summed E-state index contributed by atoms with van der Waals surface area (Å²) in [5.74, 6) is 2.87. The number of fused-ring (bicyclic) bond motifs is 5. The number of amides is 1. The fourth-order valence-electron chi connectivity index (χ4n) is 11.5. The highest BCUT2D eigenvalue weighted by Crippen LogP contribution is 2.44. The molecule has 0 spiro atoms. The number of piperazine rings is 1. The van der Waals surface area contributed by atoms with E-state index < -0.39 is 37.0 Å². The molecule has 2 aromatic carbocycles. The molecule has 0 aliphatic carbocycles. The van der Waals surface area contributed by atoms with Crippen molar-refractivity contribution in [3.05, 3.63) is 47.7 Å². The fourth-order valence-corrected chi connectivity index (χ4v) is 16.8. The molecule has 11 nitrogen and oxygen atoms in total. The molecular weight excluding hydrogens is 850 g/mol. The first-order valence-corrected chi connectivity index (χ1v) is 25.6. The van der Waals surface area contributed by atoms with E-state index in [1.807, 2.05) is 25.7 Å². The van der Waals surface area contributed by atoms with Gasteiger partial charge in [0.2, 0.25) is 0 Å². The molecular formula is C50H65F3N6O5Si. The minimum Gasteiger partial charge on any atom is -0.468 e. The number of ether oxygens (including phenoxy) is 4. The molecule has 0 saturated carbocycles. The third-order valence-corrected chi connectivity index (χ3v) is 20.7. The van der Waals surface area contributed by atoms with Crippen molar-refractivity contribution in [3.63, 3.8) is 0 Å². The second-order valence-electron chi connectivity index (χ2n) is 20.6. The lowest BCUT2D eigenvalue weighted by Crippen LogP contribution is -2.57. The summed E-state index contributed by atoms with van der Waals surface area (Å²) in [6, 6.07) is 6.10. The molecule has 0 N–H and O–H groups in total. The zero-order valence-electron chi connectivity index (χ0n) is 39.7. The molecule has 4 atom stereocenters. The molecule has 2 bridgehead atoms. The Morgan fingerprint density at radius 3 is 2.34 bits per heavy atom. The van der Waals surface area contributed by atoms with Crippen LogP contribution in [-0.2, 0) is 9.47 Å². The van der Waals surface area contributed by atoms with Crippen LogP contribution in [0.5, 0.6) is 11.8 Å². The van der Waals surface area contributed by atoms with Crippen molar-refractivity contribution in [1.82, 2.24) is 24.8 Å². The average Bonchev–Trinajstić information content (AvgIpc) is 3.73. The maximum absolute atomic E-state index is 17.9. The lowest BCUT2D eigenvalue weighted by atomic mass is 9.87. The van der Waals surface area contributed by atoms with Crippen molar-refractivity contribution in [2.24, 2.45) is 0 Å². The van der Waals surface area contributed by atoms with Crippen LogP contribution in [0.15, 0.2) is 30.5 Å². The molecule has 4 aliphatic heterocycles. The van der Waals surface area contributed by atoms with E-state index in [1.54, 1.807) is 24.4 Å². The summed E-state index contributed by atoms with van der Waals surface area (Å²) in [4.78, 5) is 34.1. The molecule has 4 saturated heterocycles. The molecule has 4 aliphatic rings. The molecule has 8 rings (SSSR count). The average molecular weight is 915 g/mol. The molecule has 1 amide bonds. The van der Waals surface area contributed by atoms with Crippen LogP contribution in [0.4, 0.5) is 23.8 Å². The lowest BCUT2D eigenvalue weighted by Gasteiger charge is -2.42. The monoisotopic (exact) mass is 914 g/mol. The Labute approximate surface area is 382 Å². The predicted molar refractivity (Wildman–Crippen MR) is 251 cm³/mol. The summed E-state index contributed by atoms with van der Waals surface area (Å²) in [6.45, 7) is 20.8. The fraction of sp³-hybridized carbons (Fsp3) is 0.600. The third-order valence-electron chi connectivity index (χ3n) is 14.4. The van der Waals surface area contributed by atoms with E-state index in [9.17, 15) is 4.79 Å². The molecule has 4 aromatic rings. The van der Waals surface area contributed by atoms with E-state index >= 15 is 13.2 Å². The number of hydrogen-bond donors (Lipinski definition) is 0. The molecule has 15 heteroatoms. The number of aromatic nitrogens is 3. The third kappa shape index (κ3) is 8.87. The number of carbonyl (C=O) groups excluding carboxylic acids is 1. The standard InChI is InChI=1S/C50H65F3N6O5Si/c1-30(2)65(31(3)4,32(5)6)20-17-38-41(52)16-13-33-21-37(63-29-61-10)22-39(42(33)38)44-43(53)45-40(24-54-44)46(57-26-35-14-15-36(27-57)59(35)48(60)64-49(7,8)9)56-47(55-45)62-28-50-18-11-12-19-58(50)25-34(51)23-50/h13,16,21-22,24,30-32,34-36H,11-12,14-15,18-19,23,25-29H2,1-10H3/t34-,35?,36?,50+/m1/s1. The summed E-state index contributed by atoms with van der Waals surface area (Å²) < 4.78 is 72.8. The van der Waals surface area contributed by atoms with Crippen LogP contribution in [-0.4, -0.2) is 115 Å². The Morgan fingerprint density at radius 1 is 0.969 bits per heavy atom. The Kier molecular flexibility index (Phi) is 13.1. The Balaban J connectivity index is 1.29. The van der Waals surface area contributed by atoms with Crippen molar-refractivity contribution in [2.45, 2.75) is 147 Å². The van der Waals surface area contributed by atoms with Gasteiger partial charge in [-0.1, -0.05) is 60.0 Å². The highest BCUT2D eigenvalue weighted by Gasteiger charge is 2.49. The van der Waals surface area contributed by atoms with Gasteiger partial charge in [0.25, 0.3) is 0 Å². The van der Waals surface area contributed by atoms with E-state index in [-0.39, 0.29) is 59.9 Å². The molecule has 2 unspecified atom stereocenters. The summed E-state index contributed by atoms with van der Waals surface area (Å²) in [6.07, 6.45) is 4.86. The summed E-state index contributed by atoms with van der Waals surface area (Å²) in [7, 11) is -0.818. The van der Waals surface area contributed by atoms with Gasteiger partial charge >= 0.3 is 12.1 Å². The van der Waals surface area contributed by atoms with Crippen LogP contribution in [0, 0.1) is 23.1 Å². The van der Waals surface area contributed by atoms with Crippen LogP contribution in [0.3, 0.4) is 0 Å². The molecule has 350 valence electrons. The zero-order valence-corrected chi connectivity index (χ0v) is 40.7. The second-order valence-corrected chi connectivity index (χ2v) is 26.2. The molecule has 2 aromatic heterocycles. The first-order valence-electron chi connectivity index (χ1n) is 23.4. The van der Waals surface area contributed by atoms with Gasteiger partial charge in [0, 0.05) is 50.3 Å². The SMILES string of the molecule is COCOc1cc(-c2ncc3c(N4CC5CCC(C4)N5C(=O)OC(C)(C)C)nc(OC[C@@]45CCCCN4C[C@H](F)C5)nc3c2F)c2c(C#C[Si](C(C)C)(C(C)C)C(C)C)c(F)ccc2c1. The summed E-state index contributed by atoms with van der Waals surface area (Å²) >= 11 is 0. The number of rotatable bonds is 11. The maximum Gasteiger partial charge on any atom is 0.410 e. The van der Waals surface area contributed by atoms with Crippen LogP contribution in [0.1, 0.15) is 106 Å². The van der Waals surface area contributed by atoms with Crippen molar-refractivity contribution < 1.29 is 36.9 Å². The van der Waals surface area contributed by atoms with E-state index in [4.69, 9.17) is 33.9 Å². The molecule has 0 radical (unpaired) electrons. The van der Waals surface area contributed by atoms with Gasteiger partial charge in [-0.15, -0.1) is 5.54 Å². The quantitative estimate of drug-likeness (QED) is 0.0821. The van der Waals surface area contributed by atoms with Gasteiger partial charge in [0.05, 0.1) is 28.6 Å². The van der Waals surface area contributed by atoms with E-state index in [0.717, 1.165) is 38.6 Å². The van der Waals surface area contributed by atoms with Crippen LogP contribution in [0.25, 0.3) is 32.9 Å². The van der Waals surface area contributed by atoms with Crippen LogP contribution in [0.2, 0.25) is 16.6 Å². The number of carbonyl (C=O) groups is 1. The molecule has 4 fully saturated rings. The van der Waals surface area contributed by atoms with Crippen molar-refractivity contribution in [3.8, 4) is 34.5 Å². The van der Waals surface area contributed by atoms with Crippen molar-refractivity contribution in [1.29, 1.82) is 0 Å². The second kappa shape index (κ2) is 18.2. The van der Waals surface area contributed by atoms with Gasteiger partial charge < -0.3 is 23.8 Å². The Hall–Kier alpha value is -4.65. The van der Waals surface area contributed by atoms with Gasteiger partial charge in [-0.05, 0) is 93.2 Å². The van der Waals surface area contributed by atoms with Gasteiger partial charge in [-0.3, -0.25) is 14.8 Å². The summed E-state index contributed by atoms with van der Waals surface area (Å²) in [5, 5.41) is 1.36. The maximum atomic E-state index is 17.9. The normalized spacial score (nSPS) is 22.6. The largest absolute Gasteiger partial charge is 0.468 e. The number of piperidine rings is 1. The van der Waals surface area contributed by atoms with E-state index in [2.05, 4.69) is 62.8 Å². The number of anilines is 1. The van der Waals surface area contributed by atoms with Crippen molar-refractivity contribution >= 4 is 41.7 Å². The first kappa shape index (κ1) is 46.9. The molecule has 65 heavy (non-hydrogen) atoms. The minimum absolute atomic E-state index is 0.0315. The first-order chi connectivity index (χ1) is 30.9. The Bertz CT molecular complexity index is 2470. The van der Waals surface area contributed by atoms with E-state index in [1.165, 1.54) is 13.2 Å². The zero-order chi connectivity index (χ0) is 46.6. The van der Waals surface area contributed by atoms with Crippen LogP contribution >= 0.6 is 0 Å². The highest BCUT2D eigenvalue weighted by atomic mass is 28.3. The molecule has 6 heterocycles. The highest BCUT2D eigenvalue weighted by molar-refractivity contribution is 6.90. The number of benzene rings is 2. The topological polar surface area (TPSA) is 102 Å². The number of pyridine rings is 1. The number of methoxy groups -OCH3 is 1. The number of hydrogen-bond acceptors (Lipinski definition) is 10. The van der Waals surface area contributed by atoms with Gasteiger partial charge in [0.1, 0.15) is 55.0 Å². The smallest absolute Gasteiger partial charge is 0.410 e. The number of alkyl halides is 1. The van der Waals surface area contributed by atoms with Crippen molar-refractivity contribution in [2.75, 3.05) is 51.6 Å². The number of nitrogens with zero attached hydrogens (tertiary/aromatic N) is 6. The van der Waals surface area contributed by atoms with E-state index in [0.29, 0.717) is 70.4 Å². The van der Waals surface area contributed by atoms with Gasteiger partial charge in [-0.25, -0.2) is 18.0 Å². The van der Waals surface area contributed by atoms with Gasteiger partial charge in [-0.2, -0.15) is 9.97 Å². The lowest BCUT2D eigenvalue weighted by molar-refractivity contribution is 0.0122. The van der Waals surface area contributed by atoms with Crippen LogP contribution < -0.4 is 14.4 Å². The van der Waals surface area contributed by atoms with Gasteiger partial charge in [0.15, 0.2) is 12.6 Å². The predicted octanol–water partition coefficient (Wildman–Crippen LogP) is 10.6. The number of halogens is 3. The Morgan fingerprint density at radius 2 is 1.68 bits per heavy atom. The summed E-state index contributed by atoms with van der Waals surface area (Å²) in [5.41, 5.74) is 3.76.